The third-order valence-electron chi connectivity index (χ3n) is 11.0. The smallest absolute Gasteiger partial charge is 0.410 e. The quantitative estimate of drug-likeness (QED) is 0.212. The fourth-order valence-electron chi connectivity index (χ4n) is 7.75. The van der Waals surface area contributed by atoms with Crippen LogP contribution in [0.3, 0.4) is 0 Å². The van der Waals surface area contributed by atoms with E-state index in [1.807, 2.05) is 57.2 Å². The van der Waals surface area contributed by atoms with Gasteiger partial charge in [0, 0.05) is 67.8 Å². The number of rotatable bonds is 6. The van der Waals surface area contributed by atoms with Crippen LogP contribution in [0.1, 0.15) is 84.3 Å². The molecule has 0 radical (unpaired) electrons. The molecule has 2 N–H and O–H groups in total. The Balaban J connectivity index is 1.24. The van der Waals surface area contributed by atoms with E-state index < -0.39 is 53.7 Å². The van der Waals surface area contributed by atoms with Crippen LogP contribution in [0.15, 0.2) is 60.3 Å². The largest absolute Gasteiger partial charge is 0.457 e. The summed E-state index contributed by atoms with van der Waals surface area (Å²) in [4.78, 5) is 34.5. The van der Waals surface area contributed by atoms with Crippen LogP contribution >= 0.6 is 0 Å². The number of pyridine rings is 1. The molecule has 5 rings (SSSR count). The van der Waals surface area contributed by atoms with Crippen molar-refractivity contribution in [3.05, 3.63) is 66.0 Å². The van der Waals surface area contributed by atoms with Gasteiger partial charge in [0.15, 0.2) is 6.10 Å². The molecule has 270 valence electrons. The molecule has 4 heterocycles. The number of ether oxygens (including phenoxy) is 2. The molecule has 3 aliphatic heterocycles. The van der Waals surface area contributed by atoms with Crippen molar-refractivity contribution in [2.75, 3.05) is 26.2 Å². The molecule has 1 saturated carbocycles. The Morgan fingerprint density at radius 3 is 2.47 bits per heavy atom. The average Bonchev–Trinajstić information content (AvgIpc) is 3.21. The number of carbonyl (C=O) groups excluding carboxylic acids is 2. The molecule has 1 amide bonds. The minimum absolute atomic E-state index is 0.0768. The van der Waals surface area contributed by atoms with Crippen LogP contribution in [0.2, 0.25) is 0 Å². The van der Waals surface area contributed by atoms with Crippen molar-refractivity contribution in [2.24, 2.45) is 17.8 Å². The number of halogens is 2. The molecular formula is C38H53F2N3O6. The zero-order valence-corrected chi connectivity index (χ0v) is 29.2. The number of aliphatic hydroxyl groups is 2. The number of likely N-dealkylation sites (tertiary alicyclic amines) is 2. The maximum absolute atomic E-state index is 14.5. The van der Waals surface area contributed by atoms with Crippen LogP contribution in [0.25, 0.3) is 0 Å². The Hall–Kier alpha value is -3.15. The number of amides is 1. The SMILES string of the molecule is C/C(=C\C=C\[C@H](C)c1ccccn1)[C@H]1OC(=O)C[C@@H](O)CC[C@](C)(O)[C@@H](OC(=O)N2CCC(N3CC4CCC(C3)C4(F)F)CC2)/C=C\[C@@H]1C. The number of aromatic nitrogens is 1. The van der Waals surface area contributed by atoms with Gasteiger partial charge in [-0.05, 0) is 76.2 Å². The van der Waals surface area contributed by atoms with Gasteiger partial charge in [-0.2, -0.15) is 0 Å². The van der Waals surface area contributed by atoms with Crippen LogP contribution in [0.4, 0.5) is 13.6 Å². The fraction of sp³-hybridized carbons (Fsp3) is 0.658. The molecule has 9 nitrogen and oxygen atoms in total. The molecule has 1 aromatic heterocycles. The summed E-state index contributed by atoms with van der Waals surface area (Å²) in [5, 5.41) is 22.2. The van der Waals surface area contributed by atoms with Crippen LogP contribution in [0, 0.1) is 17.8 Å². The summed E-state index contributed by atoms with van der Waals surface area (Å²) in [5.74, 6) is -4.53. The highest BCUT2D eigenvalue weighted by Crippen LogP contribution is 2.49. The molecule has 49 heavy (non-hydrogen) atoms. The molecular weight excluding hydrogens is 632 g/mol. The van der Waals surface area contributed by atoms with E-state index in [4.69, 9.17) is 9.47 Å². The predicted octanol–water partition coefficient (Wildman–Crippen LogP) is 6.03. The fourth-order valence-corrected chi connectivity index (χ4v) is 7.75. The maximum Gasteiger partial charge on any atom is 0.410 e. The number of alkyl halides is 2. The zero-order valence-electron chi connectivity index (χ0n) is 29.2. The van der Waals surface area contributed by atoms with Crippen LogP contribution < -0.4 is 0 Å². The van der Waals surface area contributed by atoms with E-state index in [1.165, 1.54) is 0 Å². The number of fused-ring (bicyclic) bond motifs is 2. The lowest BCUT2D eigenvalue weighted by Gasteiger charge is -2.44. The number of piperidine rings is 2. The Kier molecular flexibility index (Phi) is 12.0. The molecule has 0 aromatic carbocycles. The van der Waals surface area contributed by atoms with Gasteiger partial charge < -0.3 is 24.6 Å². The minimum Gasteiger partial charge on any atom is -0.457 e. The average molecular weight is 686 g/mol. The Morgan fingerprint density at radius 2 is 1.82 bits per heavy atom. The van der Waals surface area contributed by atoms with Crippen molar-refractivity contribution in [3.63, 3.8) is 0 Å². The van der Waals surface area contributed by atoms with Gasteiger partial charge in [-0.15, -0.1) is 0 Å². The normalized spacial score (nSPS) is 34.9. The van der Waals surface area contributed by atoms with Gasteiger partial charge >= 0.3 is 12.1 Å². The van der Waals surface area contributed by atoms with E-state index in [-0.39, 0.29) is 37.1 Å². The first kappa shape index (κ1) is 37.1. The first-order chi connectivity index (χ1) is 23.2. The number of nitrogens with zero attached hydrogens (tertiary/aromatic N) is 3. The van der Waals surface area contributed by atoms with E-state index in [0.29, 0.717) is 51.9 Å². The highest BCUT2D eigenvalue weighted by atomic mass is 19.3. The lowest BCUT2D eigenvalue weighted by Crippen LogP contribution is -2.55. The van der Waals surface area contributed by atoms with Gasteiger partial charge in [-0.25, -0.2) is 13.6 Å². The van der Waals surface area contributed by atoms with Crippen LogP contribution in [0.5, 0.6) is 0 Å². The highest BCUT2D eigenvalue weighted by molar-refractivity contribution is 5.70. The van der Waals surface area contributed by atoms with Gasteiger partial charge in [0.25, 0.3) is 5.92 Å². The number of aliphatic hydroxyl groups excluding tert-OH is 1. The third-order valence-corrected chi connectivity index (χ3v) is 11.0. The Labute approximate surface area is 289 Å². The van der Waals surface area contributed by atoms with Gasteiger partial charge in [0.05, 0.1) is 12.5 Å². The summed E-state index contributed by atoms with van der Waals surface area (Å²) in [5.41, 5.74) is 0.206. The molecule has 2 unspecified atom stereocenters. The van der Waals surface area contributed by atoms with Crippen molar-refractivity contribution in [3.8, 4) is 0 Å². The number of carbonyl (C=O) groups is 2. The second-order valence-electron chi connectivity index (χ2n) is 14.9. The summed E-state index contributed by atoms with van der Waals surface area (Å²) in [6.45, 7) is 9.06. The van der Waals surface area contributed by atoms with Gasteiger partial charge in [-0.3, -0.25) is 14.7 Å². The number of hydrogen-bond donors (Lipinski definition) is 2. The molecule has 2 bridgehead atoms. The van der Waals surface area contributed by atoms with Crippen molar-refractivity contribution >= 4 is 12.1 Å². The standard InChI is InChI=1S/C38H53F2N3O6/c1-25(32-10-5-6-19-41-32)8-7-9-26(2)35-27(3)11-14-33(37(4,47)18-15-31(44)22-34(45)49-35)48-36(46)42-20-16-30(17-21-42)43-23-28-12-13-29(24-43)38(28,39)40/h5-11,14,19,25,27-31,33,35,44,47H,12-13,15-18,20-24H2,1-4H3/b8-7+,14-11-,26-9+/t25-,27-,28?,29?,31-,33-,35+,37-/m0/s1. The highest BCUT2D eigenvalue weighted by Gasteiger charge is 2.56. The van der Waals surface area contributed by atoms with Crippen molar-refractivity contribution < 1.29 is 38.1 Å². The molecule has 1 aromatic rings. The molecule has 1 aliphatic carbocycles. The van der Waals surface area contributed by atoms with Crippen molar-refractivity contribution in [1.82, 2.24) is 14.8 Å². The van der Waals surface area contributed by atoms with E-state index in [2.05, 4.69) is 9.88 Å². The number of esters is 1. The van der Waals surface area contributed by atoms with Crippen LogP contribution in [-0.2, 0) is 14.3 Å². The number of cyclic esters (lactones) is 1. The molecule has 2 saturated heterocycles. The summed E-state index contributed by atoms with van der Waals surface area (Å²) in [6, 6.07) is 5.92. The van der Waals surface area contributed by atoms with E-state index in [1.54, 1.807) is 30.2 Å². The monoisotopic (exact) mass is 685 g/mol. The molecule has 8 atom stereocenters. The number of allylic oxidation sites excluding steroid dienone is 3. The summed E-state index contributed by atoms with van der Waals surface area (Å²) in [6.07, 6.45) is 10.2. The lowest BCUT2D eigenvalue weighted by molar-refractivity contribution is -0.151. The molecule has 11 heteroatoms. The summed E-state index contributed by atoms with van der Waals surface area (Å²) >= 11 is 0. The van der Waals surface area contributed by atoms with Gasteiger partial charge in [0.1, 0.15) is 11.7 Å². The molecule has 3 fully saturated rings. The first-order valence-electron chi connectivity index (χ1n) is 17.9. The summed E-state index contributed by atoms with van der Waals surface area (Å²) in [7, 11) is 0. The number of hydrogen-bond acceptors (Lipinski definition) is 8. The minimum atomic E-state index is -2.57. The van der Waals surface area contributed by atoms with Crippen LogP contribution in [-0.4, -0.2) is 99.1 Å². The summed E-state index contributed by atoms with van der Waals surface area (Å²) < 4.78 is 40.8. The Bertz CT molecular complexity index is 1360. The lowest BCUT2D eigenvalue weighted by atomic mass is 9.88. The van der Waals surface area contributed by atoms with Crippen molar-refractivity contribution in [1.29, 1.82) is 0 Å². The second-order valence-corrected chi connectivity index (χ2v) is 14.9. The van der Waals surface area contributed by atoms with E-state index in [9.17, 15) is 28.6 Å². The van der Waals surface area contributed by atoms with Crippen molar-refractivity contribution in [2.45, 2.75) is 114 Å². The van der Waals surface area contributed by atoms with E-state index >= 15 is 0 Å². The zero-order chi connectivity index (χ0) is 35.3. The molecule has 4 aliphatic rings. The third kappa shape index (κ3) is 9.15. The van der Waals surface area contributed by atoms with E-state index in [0.717, 1.165) is 11.3 Å². The Morgan fingerprint density at radius 1 is 1.12 bits per heavy atom. The molecule has 0 spiro atoms. The predicted molar refractivity (Wildman–Crippen MR) is 182 cm³/mol. The topological polar surface area (TPSA) is 112 Å². The van der Waals surface area contributed by atoms with Gasteiger partial charge in [-0.1, -0.05) is 44.2 Å². The maximum atomic E-state index is 14.5. The first-order valence-corrected chi connectivity index (χ1v) is 17.9. The van der Waals surface area contributed by atoms with Gasteiger partial charge in [0.2, 0.25) is 0 Å². The second kappa shape index (κ2) is 15.8.